The van der Waals surface area contributed by atoms with Gasteiger partial charge in [-0.15, -0.1) is 0 Å². The number of hydrogen-bond acceptors (Lipinski definition) is 2. The maximum Gasteiger partial charge on any atom is 0.303 e. The Bertz CT molecular complexity index is 334. The largest absolute Gasteiger partial charge is 0.481 e. The van der Waals surface area contributed by atoms with Gasteiger partial charge in [-0.1, -0.05) is 19.8 Å². The first-order valence-electron chi connectivity index (χ1n) is 7.00. The van der Waals surface area contributed by atoms with Crippen LogP contribution in [0.2, 0.25) is 0 Å². The van der Waals surface area contributed by atoms with Crippen LogP contribution in [0, 0.1) is 11.3 Å². The van der Waals surface area contributed by atoms with Crippen molar-refractivity contribution < 1.29 is 14.7 Å². The van der Waals surface area contributed by atoms with Gasteiger partial charge in [-0.2, -0.15) is 0 Å². The van der Waals surface area contributed by atoms with E-state index in [1.165, 1.54) is 25.7 Å². The summed E-state index contributed by atoms with van der Waals surface area (Å²) < 4.78 is 0. The van der Waals surface area contributed by atoms with Crippen LogP contribution in [0.25, 0.3) is 0 Å². The monoisotopic (exact) mass is 253 g/mol. The number of hydrogen-bond donors (Lipinski definition) is 1. The molecule has 4 heteroatoms. The van der Waals surface area contributed by atoms with Crippen LogP contribution in [0.15, 0.2) is 0 Å². The van der Waals surface area contributed by atoms with Crippen molar-refractivity contribution in [1.29, 1.82) is 0 Å². The molecule has 1 aliphatic heterocycles. The molecular formula is C14H23NO3. The van der Waals surface area contributed by atoms with Gasteiger partial charge in [0.05, 0.1) is 0 Å². The van der Waals surface area contributed by atoms with Gasteiger partial charge in [0.25, 0.3) is 0 Å². The highest BCUT2D eigenvalue weighted by molar-refractivity contribution is 5.77. The van der Waals surface area contributed by atoms with E-state index in [1.54, 1.807) is 0 Å². The highest BCUT2D eigenvalue weighted by Gasteiger charge is 2.41. The molecule has 1 spiro atoms. The molecule has 1 saturated carbocycles. The number of likely N-dealkylation sites (tertiary alicyclic amines) is 1. The van der Waals surface area contributed by atoms with E-state index in [0.717, 1.165) is 19.5 Å². The number of amides is 1. The van der Waals surface area contributed by atoms with Gasteiger partial charge in [0.1, 0.15) is 0 Å². The summed E-state index contributed by atoms with van der Waals surface area (Å²) in [6.45, 7) is 3.62. The zero-order chi connectivity index (χ0) is 13.2. The maximum absolute atomic E-state index is 12.1. The molecule has 0 bridgehead atoms. The van der Waals surface area contributed by atoms with Gasteiger partial charge in [0.2, 0.25) is 5.91 Å². The Morgan fingerprint density at radius 2 is 1.89 bits per heavy atom. The van der Waals surface area contributed by atoms with Gasteiger partial charge in [0.15, 0.2) is 0 Å². The molecule has 0 aromatic heterocycles. The fraction of sp³-hybridized carbons (Fsp3) is 0.857. The van der Waals surface area contributed by atoms with E-state index in [4.69, 9.17) is 5.11 Å². The third-order valence-corrected chi connectivity index (χ3v) is 4.50. The molecule has 1 aliphatic carbocycles. The standard InChI is InChI=1S/C14H23NO3/c1-11(9-13(17)18)8-12(16)15-7-6-14(10-15)4-2-3-5-14/h11H,2-10H2,1H3,(H,17,18). The summed E-state index contributed by atoms with van der Waals surface area (Å²) in [7, 11) is 0. The van der Waals surface area contributed by atoms with Crippen molar-refractivity contribution in [3.63, 3.8) is 0 Å². The topological polar surface area (TPSA) is 57.6 Å². The molecule has 2 fully saturated rings. The minimum Gasteiger partial charge on any atom is -0.481 e. The van der Waals surface area contributed by atoms with Gasteiger partial charge in [0, 0.05) is 25.9 Å². The van der Waals surface area contributed by atoms with Gasteiger partial charge >= 0.3 is 5.97 Å². The van der Waals surface area contributed by atoms with E-state index < -0.39 is 5.97 Å². The van der Waals surface area contributed by atoms with Crippen molar-refractivity contribution in [1.82, 2.24) is 4.90 Å². The molecule has 1 amide bonds. The summed E-state index contributed by atoms with van der Waals surface area (Å²) in [4.78, 5) is 24.7. The van der Waals surface area contributed by atoms with Crippen LogP contribution >= 0.6 is 0 Å². The number of carboxylic acids is 1. The molecular weight excluding hydrogens is 230 g/mol. The van der Waals surface area contributed by atoms with Crippen molar-refractivity contribution in [2.45, 2.75) is 51.9 Å². The summed E-state index contributed by atoms with van der Waals surface area (Å²) in [5.41, 5.74) is 0.408. The van der Waals surface area contributed by atoms with Gasteiger partial charge in [-0.25, -0.2) is 0 Å². The van der Waals surface area contributed by atoms with Crippen molar-refractivity contribution in [2.24, 2.45) is 11.3 Å². The third kappa shape index (κ3) is 3.03. The van der Waals surface area contributed by atoms with Crippen LogP contribution in [-0.4, -0.2) is 35.0 Å². The molecule has 2 rings (SSSR count). The summed E-state index contributed by atoms with van der Waals surface area (Å²) in [6, 6.07) is 0. The molecule has 4 nitrogen and oxygen atoms in total. The van der Waals surface area contributed by atoms with E-state index in [1.807, 2.05) is 11.8 Å². The van der Waals surface area contributed by atoms with E-state index in [2.05, 4.69) is 0 Å². The fourth-order valence-corrected chi connectivity index (χ4v) is 3.48. The quantitative estimate of drug-likeness (QED) is 0.836. The molecule has 18 heavy (non-hydrogen) atoms. The predicted molar refractivity (Wildman–Crippen MR) is 68.1 cm³/mol. The van der Waals surface area contributed by atoms with Crippen molar-refractivity contribution in [2.75, 3.05) is 13.1 Å². The lowest BCUT2D eigenvalue weighted by atomic mass is 9.86. The van der Waals surface area contributed by atoms with Crippen molar-refractivity contribution >= 4 is 11.9 Å². The molecule has 1 saturated heterocycles. The lowest BCUT2D eigenvalue weighted by molar-refractivity contribution is -0.138. The Labute approximate surface area is 108 Å². The Morgan fingerprint density at radius 1 is 1.22 bits per heavy atom. The SMILES string of the molecule is CC(CC(=O)O)CC(=O)N1CCC2(CCCC2)C1. The third-order valence-electron chi connectivity index (χ3n) is 4.50. The summed E-state index contributed by atoms with van der Waals surface area (Å²) in [6.07, 6.45) is 6.75. The van der Waals surface area contributed by atoms with Gasteiger partial charge in [-0.3, -0.25) is 9.59 Å². The Balaban J connectivity index is 1.82. The molecule has 1 N–H and O–H groups in total. The van der Waals surface area contributed by atoms with Crippen molar-refractivity contribution in [3.8, 4) is 0 Å². The molecule has 1 unspecified atom stereocenters. The van der Waals surface area contributed by atoms with Crippen LogP contribution in [-0.2, 0) is 9.59 Å². The van der Waals surface area contributed by atoms with Crippen LogP contribution in [0.3, 0.4) is 0 Å². The smallest absolute Gasteiger partial charge is 0.303 e. The number of carbonyl (C=O) groups excluding carboxylic acids is 1. The van der Waals surface area contributed by atoms with Crippen LogP contribution in [0.1, 0.15) is 51.9 Å². The average molecular weight is 253 g/mol. The summed E-state index contributed by atoms with van der Waals surface area (Å²) >= 11 is 0. The van der Waals surface area contributed by atoms with E-state index in [-0.39, 0.29) is 18.2 Å². The van der Waals surface area contributed by atoms with Crippen LogP contribution in [0.4, 0.5) is 0 Å². The van der Waals surface area contributed by atoms with Crippen LogP contribution in [0.5, 0.6) is 0 Å². The van der Waals surface area contributed by atoms with Gasteiger partial charge < -0.3 is 10.0 Å². The molecule has 1 heterocycles. The number of carbonyl (C=O) groups is 2. The molecule has 102 valence electrons. The predicted octanol–water partition coefficient (Wildman–Crippen LogP) is 2.28. The summed E-state index contributed by atoms with van der Waals surface area (Å²) in [5, 5.41) is 8.70. The first kappa shape index (κ1) is 13.4. The first-order chi connectivity index (χ1) is 8.51. The highest BCUT2D eigenvalue weighted by atomic mass is 16.4. The van der Waals surface area contributed by atoms with Gasteiger partial charge in [-0.05, 0) is 30.6 Å². The van der Waals surface area contributed by atoms with E-state index in [9.17, 15) is 9.59 Å². The normalized spacial score (nSPS) is 23.5. The lowest BCUT2D eigenvalue weighted by Gasteiger charge is -2.24. The average Bonchev–Trinajstić information content (AvgIpc) is 2.88. The number of nitrogens with zero attached hydrogens (tertiary/aromatic N) is 1. The van der Waals surface area contributed by atoms with Crippen LogP contribution < -0.4 is 0 Å². The van der Waals surface area contributed by atoms with E-state index in [0.29, 0.717) is 11.8 Å². The molecule has 2 aliphatic rings. The molecule has 0 aromatic carbocycles. The number of carboxylic acid groups (broad SMARTS) is 1. The van der Waals surface area contributed by atoms with Crippen molar-refractivity contribution in [3.05, 3.63) is 0 Å². The zero-order valence-electron chi connectivity index (χ0n) is 11.2. The molecule has 1 atom stereocenters. The fourth-order valence-electron chi connectivity index (χ4n) is 3.48. The second-order valence-corrected chi connectivity index (χ2v) is 6.18. The van der Waals surface area contributed by atoms with E-state index >= 15 is 0 Å². The highest BCUT2D eigenvalue weighted by Crippen LogP contribution is 2.45. The lowest BCUT2D eigenvalue weighted by Crippen LogP contribution is -2.32. The zero-order valence-corrected chi connectivity index (χ0v) is 11.2. The minimum atomic E-state index is -0.816. The first-order valence-corrected chi connectivity index (χ1v) is 7.00. The molecule has 0 radical (unpaired) electrons. The summed E-state index contributed by atoms with van der Waals surface area (Å²) in [5.74, 6) is -0.730. The Hall–Kier alpha value is -1.06. The number of aliphatic carboxylic acids is 1. The minimum absolute atomic E-state index is 0.0601. The molecule has 0 aromatic rings. The Morgan fingerprint density at radius 3 is 2.50 bits per heavy atom. The second kappa shape index (κ2) is 5.29. The maximum atomic E-state index is 12.1. The number of rotatable bonds is 4. The Kier molecular flexibility index (Phi) is 3.93. The second-order valence-electron chi connectivity index (χ2n) is 6.18.